The summed E-state index contributed by atoms with van der Waals surface area (Å²) < 4.78 is 5.82. The number of aliphatic hydroxyl groups is 2. The molecule has 1 saturated carbocycles. The molecule has 1 aliphatic heterocycles. The Morgan fingerprint density at radius 1 is 1.27 bits per heavy atom. The van der Waals surface area contributed by atoms with Gasteiger partial charge in [0.1, 0.15) is 0 Å². The molecule has 0 spiro atoms. The van der Waals surface area contributed by atoms with Crippen LogP contribution in [0.5, 0.6) is 0 Å². The number of nitrogens with zero attached hydrogens (tertiary/aromatic N) is 1. The number of rotatable bonds is 8. The van der Waals surface area contributed by atoms with E-state index in [-0.39, 0.29) is 25.1 Å². The van der Waals surface area contributed by atoms with Crippen LogP contribution in [0.4, 0.5) is 0 Å². The number of ether oxygens (including phenoxy) is 1. The number of amides is 1. The molecule has 22 heavy (non-hydrogen) atoms. The van der Waals surface area contributed by atoms with E-state index in [0.717, 1.165) is 6.42 Å². The molecule has 0 aromatic heterocycles. The first-order valence-corrected chi connectivity index (χ1v) is 8.60. The minimum absolute atomic E-state index is 0.0143. The fraction of sp³-hybridized carbons (Fsp3) is 0.938. The molecule has 2 aliphatic rings. The largest absolute Gasteiger partial charge is 0.395 e. The maximum Gasteiger partial charge on any atom is 0.234 e. The van der Waals surface area contributed by atoms with Crippen molar-refractivity contribution in [3.63, 3.8) is 0 Å². The van der Waals surface area contributed by atoms with Crippen LogP contribution in [0, 0.1) is 0 Å². The van der Waals surface area contributed by atoms with Crippen molar-refractivity contribution in [3.8, 4) is 0 Å². The number of carbonyl (C=O) groups is 1. The van der Waals surface area contributed by atoms with Gasteiger partial charge in [-0.05, 0) is 25.7 Å². The summed E-state index contributed by atoms with van der Waals surface area (Å²) in [6.45, 7) is 2.01. The van der Waals surface area contributed by atoms with E-state index in [9.17, 15) is 15.0 Å². The third-order valence-electron chi connectivity index (χ3n) is 4.61. The fourth-order valence-electron chi connectivity index (χ4n) is 3.36. The van der Waals surface area contributed by atoms with Gasteiger partial charge < -0.3 is 20.3 Å². The van der Waals surface area contributed by atoms with Gasteiger partial charge in [0.25, 0.3) is 0 Å². The van der Waals surface area contributed by atoms with Crippen LogP contribution in [0.2, 0.25) is 0 Å². The van der Waals surface area contributed by atoms with Crippen LogP contribution in [-0.2, 0) is 9.53 Å². The van der Waals surface area contributed by atoms with Gasteiger partial charge in [-0.2, -0.15) is 0 Å². The molecule has 128 valence electrons. The molecule has 2 rings (SSSR count). The lowest BCUT2D eigenvalue weighted by molar-refractivity contribution is -0.122. The van der Waals surface area contributed by atoms with Gasteiger partial charge in [-0.25, -0.2) is 0 Å². The number of aliphatic hydroxyl groups excluding tert-OH is 2. The third-order valence-corrected chi connectivity index (χ3v) is 4.61. The Labute approximate surface area is 132 Å². The Kier molecular flexibility index (Phi) is 7.59. The minimum Gasteiger partial charge on any atom is -0.395 e. The normalized spacial score (nSPS) is 27.2. The van der Waals surface area contributed by atoms with Gasteiger partial charge in [0.2, 0.25) is 5.91 Å². The van der Waals surface area contributed by atoms with Gasteiger partial charge in [-0.3, -0.25) is 9.69 Å². The molecule has 0 aromatic rings. The summed E-state index contributed by atoms with van der Waals surface area (Å²) in [6.07, 6.45) is 7.57. The van der Waals surface area contributed by atoms with Gasteiger partial charge in [0.15, 0.2) is 0 Å². The molecule has 1 amide bonds. The highest BCUT2D eigenvalue weighted by molar-refractivity contribution is 5.78. The summed E-state index contributed by atoms with van der Waals surface area (Å²) in [7, 11) is 0. The van der Waals surface area contributed by atoms with Crippen LogP contribution in [0.15, 0.2) is 0 Å². The lowest BCUT2D eigenvalue weighted by atomic mass is 9.98. The molecule has 1 heterocycles. The molecule has 2 fully saturated rings. The van der Waals surface area contributed by atoms with Crippen molar-refractivity contribution >= 4 is 5.91 Å². The standard InChI is InChI=1S/C16H30N2O4/c19-12-13-9-14(20)10-18(13)11-16(21)17-7-4-8-22-15-5-2-1-3-6-15/h13-15,19-20H,1-12H2,(H,17,21)/t13-,14+/m0/s1. The lowest BCUT2D eigenvalue weighted by Crippen LogP contribution is -2.41. The average molecular weight is 314 g/mol. The number of carbonyl (C=O) groups excluding carboxylic acids is 1. The zero-order chi connectivity index (χ0) is 15.8. The van der Waals surface area contributed by atoms with Crippen LogP contribution in [-0.4, -0.2) is 72.1 Å². The van der Waals surface area contributed by atoms with Gasteiger partial charge in [0, 0.05) is 25.7 Å². The van der Waals surface area contributed by atoms with Crippen molar-refractivity contribution in [1.29, 1.82) is 0 Å². The quantitative estimate of drug-likeness (QED) is 0.560. The topological polar surface area (TPSA) is 82.0 Å². The van der Waals surface area contributed by atoms with Crippen LogP contribution in [0.1, 0.15) is 44.9 Å². The van der Waals surface area contributed by atoms with Crippen LogP contribution in [0.25, 0.3) is 0 Å². The monoisotopic (exact) mass is 314 g/mol. The molecule has 6 heteroatoms. The second-order valence-corrected chi connectivity index (χ2v) is 6.49. The van der Waals surface area contributed by atoms with E-state index in [4.69, 9.17) is 4.74 Å². The highest BCUT2D eigenvalue weighted by Crippen LogP contribution is 2.20. The first kappa shape index (κ1) is 17.7. The molecular weight excluding hydrogens is 284 g/mol. The lowest BCUT2D eigenvalue weighted by Gasteiger charge is -2.22. The molecule has 0 aromatic carbocycles. The van der Waals surface area contributed by atoms with Crippen LogP contribution < -0.4 is 5.32 Å². The van der Waals surface area contributed by atoms with E-state index in [1.54, 1.807) is 0 Å². The predicted molar refractivity (Wildman–Crippen MR) is 83.5 cm³/mol. The maximum atomic E-state index is 11.9. The SMILES string of the molecule is O=C(CN1C[C@H](O)C[C@H]1CO)NCCCOC1CCCCC1. The van der Waals surface area contributed by atoms with Crippen molar-refractivity contribution in [2.75, 3.05) is 32.8 Å². The second kappa shape index (κ2) is 9.45. The predicted octanol–water partition coefficient (Wildman–Crippen LogP) is 0.270. The molecule has 0 unspecified atom stereocenters. The van der Waals surface area contributed by atoms with E-state index in [2.05, 4.69) is 5.32 Å². The summed E-state index contributed by atoms with van der Waals surface area (Å²) in [5.41, 5.74) is 0. The first-order chi connectivity index (χ1) is 10.7. The zero-order valence-electron chi connectivity index (χ0n) is 13.4. The summed E-state index contributed by atoms with van der Waals surface area (Å²) in [6, 6.07) is -0.101. The van der Waals surface area contributed by atoms with Crippen molar-refractivity contribution in [1.82, 2.24) is 10.2 Å². The molecular formula is C16H30N2O4. The van der Waals surface area contributed by atoms with Crippen molar-refractivity contribution in [2.24, 2.45) is 0 Å². The number of β-amino-alcohol motifs (C(OH)–C–C–N with tert-alkyl or cyclic N) is 1. The Morgan fingerprint density at radius 3 is 2.77 bits per heavy atom. The van der Waals surface area contributed by atoms with Crippen LogP contribution >= 0.6 is 0 Å². The minimum atomic E-state index is -0.436. The molecule has 1 saturated heterocycles. The van der Waals surface area contributed by atoms with Crippen molar-refractivity contribution in [2.45, 2.75) is 63.2 Å². The van der Waals surface area contributed by atoms with Gasteiger partial charge in [0.05, 0.1) is 25.4 Å². The highest BCUT2D eigenvalue weighted by Gasteiger charge is 2.31. The first-order valence-electron chi connectivity index (χ1n) is 8.60. The number of hydrogen-bond donors (Lipinski definition) is 3. The molecule has 0 bridgehead atoms. The smallest absolute Gasteiger partial charge is 0.234 e. The number of hydrogen-bond acceptors (Lipinski definition) is 5. The van der Waals surface area contributed by atoms with Crippen molar-refractivity contribution < 1.29 is 19.7 Å². The summed E-state index contributed by atoms with van der Waals surface area (Å²) >= 11 is 0. The van der Waals surface area contributed by atoms with Gasteiger partial charge in [-0.15, -0.1) is 0 Å². The maximum absolute atomic E-state index is 11.9. The fourth-order valence-corrected chi connectivity index (χ4v) is 3.36. The van der Waals surface area contributed by atoms with Crippen molar-refractivity contribution in [3.05, 3.63) is 0 Å². The number of nitrogens with one attached hydrogen (secondary N) is 1. The highest BCUT2D eigenvalue weighted by atomic mass is 16.5. The molecule has 6 nitrogen and oxygen atoms in total. The average Bonchev–Trinajstić information content (AvgIpc) is 2.87. The van der Waals surface area contributed by atoms with E-state index in [1.165, 1.54) is 32.1 Å². The van der Waals surface area contributed by atoms with E-state index >= 15 is 0 Å². The summed E-state index contributed by atoms with van der Waals surface area (Å²) in [4.78, 5) is 13.7. The molecule has 0 radical (unpaired) electrons. The molecule has 2 atom stereocenters. The zero-order valence-corrected chi connectivity index (χ0v) is 13.4. The Hall–Kier alpha value is -0.690. The second-order valence-electron chi connectivity index (χ2n) is 6.49. The molecule has 3 N–H and O–H groups in total. The third kappa shape index (κ3) is 5.83. The number of likely N-dealkylation sites (tertiary alicyclic amines) is 1. The Balaban J connectivity index is 1.52. The van der Waals surface area contributed by atoms with Crippen LogP contribution in [0.3, 0.4) is 0 Å². The van der Waals surface area contributed by atoms with Gasteiger partial charge >= 0.3 is 0 Å². The summed E-state index contributed by atoms with van der Waals surface area (Å²) in [5, 5.41) is 21.7. The molecule has 1 aliphatic carbocycles. The Bertz CT molecular complexity index is 334. The Morgan fingerprint density at radius 2 is 2.05 bits per heavy atom. The van der Waals surface area contributed by atoms with E-state index < -0.39 is 6.10 Å². The van der Waals surface area contributed by atoms with E-state index in [0.29, 0.717) is 32.2 Å². The summed E-state index contributed by atoms with van der Waals surface area (Å²) in [5.74, 6) is -0.0507. The van der Waals surface area contributed by atoms with Gasteiger partial charge in [-0.1, -0.05) is 19.3 Å². The van der Waals surface area contributed by atoms with E-state index in [1.807, 2.05) is 4.90 Å².